The second-order valence-corrected chi connectivity index (χ2v) is 5.12. The molecule has 21 heavy (non-hydrogen) atoms. The van der Waals surface area contributed by atoms with Crippen LogP contribution in [-0.4, -0.2) is 12.7 Å². The number of para-hydroxylation sites is 2. The molecule has 110 valence electrons. The van der Waals surface area contributed by atoms with Gasteiger partial charge in [0.2, 0.25) is 0 Å². The molecular formula is C16H17FN2O2. The maximum atomic E-state index is 13.6. The molecule has 0 radical (unpaired) electrons. The van der Waals surface area contributed by atoms with Gasteiger partial charge in [-0.25, -0.2) is 9.82 Å². The van der Waals surface area contributed by atoms with Gasteiger partial charge >= 0.3 is 0 Å². The van der Waals surface area contributed by atoms with Crippen molar-refractivity contribution in [3.8, 4) is 11.5 Å². The normalized spacial score (nSPS) is 18.3. The summed E-state index contributed by atoms with van der Waals surface area (Å²) >= 11 is 0. The van der Waals surface area contributed by atoms with Crippen molar-refractivity contribution in [3.63, 3.8) is 0 Å². The van der Waals surface area contributed by atoms with Crippen LogP contribution in [-0.2, 0) is 0 Å². The molecule has 1 heterocycles. The summed E-state index contributed by atoms with van der Waals surface area (Å²) in [6.07, 6.45) is -0.328. The van der Waals surface area contributed by atoms with E-state index in [0.29, 0.717) is 18.1 Å². The third kappa shape index (κ3) is 2.84. The summed E-state index contributed by atoms with van der Waals surface area (Å²) in [5, 5.41) is 0. The van der Waals surface area contributed by atoms with Crippen LogP contribution in [0.15, 0.2) is 42.5 Å². The summed E-state index contributed by atoms with van der Waals surface area (Å²) in [5.74, 6) is 6.74. The third-order valence-electron chi connectivity index (χ3n) is 3.51. The predicted molar refractivity (Wildman–Crippen MR) is 77.6 cm³/mol. The number of hydrogen-bond donors (Lipinski definition) is 2. The van der Waals surface area contributed by atoms with E-state index >= 15 is 0 Å². The zero-order valence-corrected chi connectivity index (χ0v) is 11.7. The van der Waals surface area contributed by atoms with Gasteiger partial charge in [-0.2, -0.15) is 0 Å². The Morgan fingerprint density at radius 2 is 2.00 bits per heavy atom. The van der Waals surface area contributed by atoms with Crippen molar-refractivity contribution < 1.29 is 13.9 Å². The van der Waals surface area contributed by atoms with Gasteiger partial charge in [-0.05, 0) is 42.3 Å². The summed E-state index contributed by atoms with van der Waals surface area (Å²) in [6, 6.07) is 11.9. The molecule has 0 amide bonds. The number of nitrogens with one attached hydrogen (secondary N) is 1. The minimum Gasteiger partial charge on any atom is -0.486 e. The van der Waals surface area contributed by atoms with Crippen LogP contribution in [0.25, 0.3) is 0 Å². The highest BCUT2D eigenvalue weighted by molar-refractivity contribution is 5.41. The SMILES string of the molecule is Cc1cc(F)cc(C(NN)C2COc3ccccc3O2)c1. The zero-order chi connectivity index (χ0) is 14.8. The average molecular weight is 288 g/mol. The largest absolute Gasteiger partial charge is 0.486 e. The highest BCUT2D eigenvalue weighted by atomic mass is 19.1. The first-order valence-electron chi connectivity index (χ1n) is 6.79. The molecule has 0 aliphatic carbocycles. The minimum absolute atomic E-state index is 0.289. The molecule has 0 aromatic heterocycles. The van der Waals surface area contributed by atoms with Crippen LogP contribution in [0.2, 0.25) is 0 Å². The lowest BCUT2D eigenvalue weighted by atomic mass is 9.99. The Balaban J connectivity index is 1.88. The number of aryl methyl sites for hydroxylation is 1. The van der Waals surface area contributed by atoms with E-state index in [4.69, 9.17) is 15.3 Å². The Morgan fingerprint density at radius 1 is 1.24 bits per heavy atom. The van der Waals surface area contributed by atoms with E-state index in [0.717, 1.165) is 11.1 Å². The lowest BCUT2D eigenvalue weighted by molar-refractivity contribution is 0.0616. The summed E-state index contributed by atoms with van der Waals surface area (Å²) < 4.78 is 25.2. The van der Waals surface area contributed by atoms with Crippen LogP contribution in [0.4, 0.5) is 4.39 Å². The van der Waals surface area contributed by atoms with Crippen LogP contribution >= 0.6 is 0 Å². The summed E-state index contributed by atoms with van der Waals surface area (Å²) in [7, 11) is 0. The van der Waals surface area contributed by atoms with E-state index in [2.05, 4.69) is 5.43 Å². The molecule has 0 saturated carbocycles. The molecule has 5 heteroatoms. The van der Waals surface area contributed by atoms with Gasteiger partial charge in [0, 0.05) is 0 Å². The molecule has 2 aromatic rings. The Hall–Kier alpha value is -2.11. The van der Waals surface area contributed by atoms with E-state index < -0.39 is 0 Å². The van der Waals surface area contributed by atoms with Gasteiger partial charge in [0.15, 0.2) is 17.6 Å². The smallest absolute Gasteiger partial charge is 0.161 e. The maximum absolute atomic E-state index is 13.6. The molecule has 4 nitrogen and oxygen atoms in total. The standard InChI is InChI=1S/C16H17FN2O2/c1-10-6-11(8-12(17)7-10)16(19-18)15-9-20-13-4-2-3-5-14(13)21-15/h2-8,15-16,19H,9,18H2,1H3. The van der Waals surface area contributed by atoms with Crippen LogP contribution in [0, 0.1) is 12.7 Å². The number of rotatable bonds is 3. The van der Waals surface area contributed by atoms with Crippen molar-refractivity contribution in [2.75, 3.05) is 6.61 Å². The summed E-state index contributed by atoms with van der Waals surface area (Å²) in [5.41, 5.74) is 4.28. The van der Waals surface area contributed by atoms with Crippen LogP contribution < -0.4 is 20.7 Å². The fourth-order valence-electron chi connectivity index (χ4n) is 2.56. The lowest BCUT2D eigenvalue weighted by Crippen LogP contribution is -2.44. The molecule has 0 spiro atoms. The molecule has 1 aliphatic heterocycles. The van der Waals surface area contributed by atoms with Crippen molar-refractivity contribution in [3.05, 3.63) is 59.4 Å². The zero-order valence-electron chi connectivity index (χ0n) is 11.7. The van der Waals surface area contributed by atoms with Crippen molar-refractivity contribution in [1.82, 2.24) is 5.43 Å². The van der Waals surface area contributed by atoms with Crippen molar-refractivity contribution in [2.45, 2.75) is 19.1 Å². The number of halogens is 1. The van der Waals surface area contributed by atoms with E-state index in [9.17, 15) is 4.39 Å². The number of nitrogens with two attached hydrogens (primary N) is 1. The van der Waals surface area contributed by atoms with E-state index in [1.165, 1.54) is 12.1 Å². The van der Waals surface area contributed by atoms with Gasteiger partial charge in [0.1, 0.15) is 12.4 Å². The van der Waals surface area contributed by atoms with Gasteiger partial charge in [-0.15, -0.1) is 0 Å². The first-order chi connectivity index (χ1) is 10.2. The number of ether oxygens (including phenoxy) is 2. The second-order valence-electron chi connectivity index (χ2n) is 5.12. The van der Waals surface area contributed by atoms with Gasteiger partial charge in [-0.3, -0.25) is 5.84 Å². The Kier molecular flexibility index (Phi) is 3.77. The van der Waals surface area contributed by atoms with Gasteiger partial charge in [0.25, 0.3) is 0 Å². The predicted octanol–water partition coefficient (Wildman–Crippen LogP) is 2.48. The molecule has 0 bridgehead atoms. The Bertz CT molecular complexity index is 628. The molecule has 2 unspecified atom stereocenters. The average Bonchev–Trinajstić information content (AvgIpc) is 2.47. The number of fused-ring (bicyclic) bond motifs is 1. The van der Waals surface area contributed by atoms with Crippen LogP contribution in [0.5, 0.6) is 11.5 Å². The van der Waals surface area contributed by atoms with Gasteiger partial charge in [0.05, 0.1) is 6.04 Å². The molecular weight excluding hydrogens is 271 g/mol. The third-order valence-corrected chi connectivity index (χ3v) is 3.51. The summed E-state index contributed by atoms with van der Waals surface area (Å²) in [4.78, 5) is 0. The fraction of sp³-hybridized carbons (Fsp3) is 0.250. The monoisotopic (exact) mass is 288 g/mol. The highest BCUT2D eigenvalue weighted by Gasteiger charge is 2.29. The number of hydrazine groups is 1. The topological polar surface area (TPSA) is 56.5 Å². The van der Waals surface area contributed by atoms with Gasteiger partial charge in [-0.1, -0.05) is 18.2 Å². The second kappa shape index (κ2) is 5.71. The molecule has 3 N–H and O–H groups in total. The van der Waals surface area contributed by atoms with E-state index in [-0.39, 0.29) is 18.0 Å². The van der Waals surface area contributed by atoms with Crippen molar-refractivity contribution in [2.24, 2.45) is 5.84 Å². The van der Waals surface area contributed by atoms with E-state index in [1.54, 1.807) is 0 Å². The maximum Gasteiger partial charge on any atom is 0.161 e. The Labute approximate surface area is 122 Å². The van der Waals surface area contributed by atoms with Crippen LogP contribution in [0.3, 0.4) is 0 Å². The molecule has 0 saturated heterocycles. The van der Waals surface area contributed by atoms with Crippen molar-refractivity contribution >= 4 is 0 Å². The Morgan fingerprint density at radius 3 is 2.71 bits per heavy atom. The first kappa shape index (κ1) is 13.9. The van der Waals surface area contributed by atoms with E-state index in [1.807, 2.05) is 37.3 Å². The van der Waals surface area contributed by atoms with Crippen LogP contribution in [0.1, 0.15) is 17.2 Å². The highest BCUT2D eigenvalue weighted by Crippen LogP contribution is 2.34. The quantitative estimate of drug-likeness (QED) is 0.673. The number of benzene rings is 2. The minimum atomic E-state index is -0.354. The molecule has 2 aromatic carbocycles. The molecule has 1 aliphatic rings. The number of hydrogen-bond acceptors (Lipinski definition) is 4. The van der Waals surface area contributed by atoms with Gasteiger partial charge < -0.3 is 9.47 Å². The lowest BCUT2D eigenvalue weighted by Gasteiger charge is -2.32. The fourth-order valence-corrected chi connectivity index (χ4v) is 2.56. The van der Waals surface area contributed by atoms with Crippen molar-refractivity contribution in [1.29, 1.82) is 0 Å². The first-order valence-corrected chi connectivity index (χ1v) is 6.79. The summed E-state index contributed by atoms with van der Waals surface area (Å²) in [6.45, 7) is 2.19. The molecule has 0 fully saturated rings. The molecule has 2 atom stereocenters. The molecule has 3 rings (SSSR count).